The summed E-state index contributed by atoms with van der Waals surface area (Å²) in [5.74, 6) is -0.0246. The van der Waals surface area contributed by atoms with E-state index in [-0.39, 0.29) is 36.8 Å². The number of nitrogens with one attached hydrogen (secondary N) is 2. The van der Waals surface area contributed by atoms with Crippen molar-refractivity contribution < 1.29 is 9.53 Å². The van der Waals surface area contributed by atoms with Gasteiger partial charge in [-0.15, -0.1) is 24.8 Å². The molecule has 1 amide bonds. The van der Waals surface area contributed by atoms with Crippen LogP contribution in [-0.2, 0) is 24.4 Å². The van der Waals surface area contributed by atoms with E-state index >= 15 is 0 Å². The normalized spacial score (nSPS) is 18.5. The largest absolute Gasteiger partial charge is 0.374 e. The lowest BCUT2D eigenvalue weighted by molar-refractivity contribution is -0.0292. The second-order valence-electron chi connectivity index (χ2n) is 7.01. The molecule has 2 aromatic carbocycles. The van der Waals surface area contributed by atoms with E-state index in [1.807, 2.05) is 24.3 Å². The SMILES string of the molecule is Cl.Cl.O=C(NCC1CN(Cc2ccccc2)CCO1)c1ccc2c(c1)CNC2. The van der Waals surface area contributed by atoms with Crippen LogP contribution in [0.2, 0.25) is 0 Å². The average Bonchev–Trinajstić information content (AvgIpc) is 3.15. The number of nitrogens with zero attached hydrogens (tertiary/aromatic N) is 1. The first-order valence-electron chi connectivity index (χ1n) is 9.26. The molecule has 0 aromatic heterocycles. The quantitative estimate of drug-likeness (QED) is 0.775. The fourth-order valence-corrected chi connectivity index (χ4v) is 3.63. The van der Waals surface area contributed by atoms with Gasteiger partial charge in [-0.2, -0.15) is 0 Å². The molecule has 152 valence electrons. The monoisotopic (exact) mass is 423 g/mol. The number of benzene rings is 2. The van der Waals surface area contributed by atoms with E-state index in [2.05, 4.69) is 39.8 Å². The first-order valence-corrected chi connectivity index (χ1v) is 9.26. The molecule has 0 saturated carbocycles. The summed E-state index contributed by atoms with van der Waals surface area (Å²) >= 11 is 0. The number of amides is 1. The Balaban J connectivity index is 0.00000140. The van der Waals surface area contributed by atoms with Crippen molar-refractivity contribution in [1.82, 2.24) is 15.5 Å². The fourth-order valence-electron chi connectivity index (χ4n) is 3.63. The molecule has 2 heterocycles. The fraction of sp³-hybridized carbons (Fsp3) is 0.381. The van der Waals surface area contributed by atoms with Gasteiger partial charge in [0.25, 0.3) is 5.91 Å². The number of ether oxygens (including phenoxy) is 1. The Bertz CT molecular complexity index is 774. The van der Waals surface area contributed by atoms with Crippen molar-refractivity contribution in [2.24, 2.45) is 0 Å². The summed E-state index contributed by atoms with van der Waals surface area (Å²) in [6.45, 7) is 5.67. The third-order valence-electron chi connectivity index (χ3n) is 5.06. The molecule has 1 saturated heterocycles. The van der Waals surface area contributed by atoms with Crippen molar-refractivity contribution in [3.05, 3.63) is 70.8 Å². The molecule has 7 heteroatoms. The van der Waals surface area contributed by atoms with Crippen molar-refractivity contribution in [3.63, 3.8) is 0 Å². The first kappa shape index (κ1) is 22.7. The van der Waals surface area contributed by atoms with Crippen molar-refractivity contribution in [2.75, 3.05) is 26.2 Å². The van der Waals surface area contributed by atoms with Crippen LogP contribution in [0.4, 0.5) is 0 Å². The molecule has 2 aliphatic rings. The maximum absolute atomic E-state index is 12.5. The lowest BCUT2D eigenvalue weighted by Gasteiger charge is -2.33. The second kappa shape index (κ2) is 10.8. The zero-order chi connectivity index (χ0) is 17.8. The Morgan fingerprint density at radius 3 is 2.71 bits per heavy atom. The number of fused-ring (bicyclic) bond motifs is 1. The molecule has 5 nitrogen and oxygen atoms in total. The lowest BCUT2D eigenvalue weighted by Crippen LogP contribution is -2.47. The van der Waals surface area contributed by atoms with Gasteiger partial charge in [-0.3, -0.25) is 9.69 Å². The molecule has 2 aliphatic heterocycles. The van der Waals surface area contributed by atoms with Crippen molar-refractivity contribution in [1.29, 1.82) is 0 Å². The average molecular weight is 424 g/mol. The van der Waals surface area contributed by atoms with E-state index < -0.39 is 0 Å². The minimum Gasteiger partial charge on any atom is -0.374 e. The highest BCUT2D eigenvalue weighted by atomic mass is 35.5. The molecule has 2 N–H and O–H groups in total. The maximum atomic E-state index is 12.5. The molecule has 1 unspecified atom stereocenters. The van der Waals surface area contributed by atoms with Crippen molar-refractivity contribution in [3.8, 4) is 0 Å². The van der Waals surface area contributed by atoms with Crippen LogP contribution >= 0.6 is 24.8 Å². The first-order chi connectivity index (χ1) is 12.8. The summed E-state index contributed by atoms with van der Waals surface area (Å²) in [4.78, 5) is 14.8. The summed E-state index contributed by atoms with van der Waals surface area (Å²) in [5, 5.41) is 6.34. The van der Waals surface area contributed by atoms with Crippen LogP contribution in [-0.4, -0.2) is 43.2 Å². The molecule has 0 bridgehead atoms. The van der Waals surface area contributed by atoms with Gasteiger partial charge in [0.2, 0.25) is 0 Å². The summed E-state index contributed by atoms with van der Waals surface area (Å²) in [7, 11) is 0. The lowest BCUT2D eigenvalue weighted by atomic mass is 10.1. The zero-order valence-corrected chi connectivity index (χ0v) is 17.4. The number of carbonyl (C=O) groups is 1. The number of halogens is 2. The molecule has 0 radical (unpaired) electrons. The molecule has 1 fully saturated rings. The molecule has 0 spiro atoms. The van der Waals surface area contributed by atoms with E-state index in [4.69, 9.17) is 4.74 Å². The van der Waals surface area contributed by atoms with Gasteiger partial charge in [-0.05, 0) is 28.8 Å². The highest BCUT2D eigenvalue weighted by molar-refractivity contribution is 5.94. The third-order valence-corrected chi connectivity index (χ3v) is 5.06. The summed E-state index contributed by atoms with van der Waals surface area (Å²) in [6, 6.07) is 16.4. The van der Waals surface area contributed by atoms with Crippen LogP contribution in [0, 0.1) is 0 Å². The summed E-state index contributed by atoms with van der Waals surface area (Å²) in [6.07, 6.45) is 0.0347. The Morgan fingerprint density at radius 1 is 1.11 bits per heavy atom. The Hall–Kier alpha value is -1.63. The van der Waals surface area contributed by atoms with Gasteiger partial charge >= 0.3 is 0 Å². The molecule has 0 aliphatic carbocycles. The molecule has 4 rings (SSSR count). The highest BCUT2D eigenvalue weighted by Gasteiger charge is 2.21. The van der Waals surface area contributed by atoms with Gasteiger partial charge < -0.3 is 15.4 Å². The topological polar surface area (TPSA) is 53.6 Å². The molecule has 1 atom stereocenters. The third kappa shape index (κ3) is 5.69. The summed E-state index contributed by atoms with van der Waals surface area (Å²) in [5.41, 5.74) is 4.54. The maximum Gasteiger partial charge on any atom is 0.251 e. The Kier molecular flexibility index (Phi) is 8.73. The number of hydrogen-bond donors (Lipinski definition) is 2. The van der Waals surface area contributed by atoms with E-state index in [0.29, 0.717) is 13.2 Å². The van der Waals surface area contributed by atoms with Gasteiger partial charge in [0, 0.05) is 44.8 Å². The molecule has 2 aromatic rings. The standard InChI is InChI=1S/C21H25N3O2.2ClH/c25-21(17-6-7-18-11-22-12-19(18)10-17)23-13-20-15-24(8-9-26-20)14-16-4-2-1-3-5-16;;/h1-7,10,20,22H,8-9,11-15H2,(H,23,25);2*1H. The van der Waals surface area contributed by atoms with Crippen LogP contribution in [0.3, 0.4) is 0 Å². The van der Waals surface area contributed by atoms with Crippen molar-refractivity contribution in [2.45, 2.75) is 25.7 Å². The Labute approximate surface area is 178 Å². The van der Waals surface area contributed by atoms with Gasteiger partial charge in [0.1, 0.15) is 0 Å². The zero-order valence-electron chi connectivity index (χ0n) is 15.7. The van der Waals surface area contributed by atoms with Crippen LogP contribution in [0.25, 0.3) is 0 Å². The molecule has 28 heavy (non-hydrogen) atoms. The minimum absolute atomic E-state index is 0. The minimum atomic E-state index is -0.0246. The number of morpholine rings is 1. The van der Waals surface area contributed by atoms with Gasteiger partial charge in [0.05, 0.1) is 12.7 Å². The second-order valence-corrected chi connectivity index (χ2v) is 7.01. The van der Waals surface area contributed by atoms with Gasteiger partial charge in [-0.25, -0.2) is 0 Å². The van der Waals surface area contributed by atoms with Crippen LogP contribution < -0.4 is 10.6 Å². The van der Waals surface area contributed by atoms with Gasteiger partial charge in [0.15, 0.2) is 0 Å². The number of rotatable bonds is 5. The molecular formula is C21H27Cl2N3O2. The predicted octanol–water partition coefficient (Wildman–Crippen LogP) is 2.76. The van der Waals surface area contributed by atoms with Gasteiger partial charge in [-0.1, -0.05) is 36.4 Å². The van der Waals surface area contributed by atoms with E-state index in [0.717, 1.165) is 38.3 Å². The van der Waals surface area contributed by atoms with Crippen LogP contribution in [0.5, 0.6) is 0 Å². The van der Waals surface area contributed by atoms with Crippen LogP contribution in [0.15, 0.2) is 48.5 Å². The van der Waals surface area contributed by atoms with E-state index in [1.54, 1.807) is 0 Å². The highest BCUT2D eigenvalue weighted by Crippen LogP contribution is 2.17. The number of carbonyl (C=O) groups excluding carboxylic acids is 1. The Morgan fingerprint density at radius 2 is 1.89 bits per heavy atom. The van der Waals surface area contributed by atoms with E-state index in [9.17, 15) is 4.79 Å². The summed E-state index contributed by atoms with van der Waals surface area (Å²) < 4.78 is 5.84. The van der Waals surface area contributed by atoms with E-state index in [1.165, 1.54) is 16.7 Å². The predicted molar refractivity (Wildman–Crippen MR) is 115 cm³/mol. The van der Waals surface area contributed by atoms with Crippen LogP contribution in [0.1, 0.15) is 27.0 Å². The molecular weight excluding hydrogens is 397 g/mol. The number of hydrogen-bond acceptors (Lipinski definition) is 4. The van der Waals surface area contributed by atoms with Crippen molar-refractivity contribution >= 4 is 30.7 Å². The smallest absolute Gasteiger partial charge is 0.251 e.